The van der Waals surface area contributed by atoms with Crippen LogP contribution in [0.2, 0.25) is 0 Å². The number of hydrogen-bond acceptors (Lipinski definition) is 2. The van der Waals surface area contributed by atoms with Crippen LogP contribution in [0, 0.1) is 6.42 Å². The summed E-state index contributed by atoms with van der Waals surface area (Å²) in [7, 11) is 0. The first-order valence-electron chi connectivity index (χ1n) is 4.59. The van der Waals surface area contributed by atoms with E-state index < -0.39 is 0 Å². The Balaban J connectivity index is 1.96. The second-order valence-electron chi connectivity index (χ2n) is 2.99. The molecule has 2 heteroatoms. The van der Waals surface area contributed by atoms with E-state index in [1.54, 1.807) is 0 Å². The van der Waals surface area contributed by atoms with Gasteiger partial charge in [-0.2, -0.15) is 0 Å². The Bertz CT molecular complexity index is 89.6. The van der Waals surface area contributed by atoms with Gasteiger partial charge in [-0.3, -0.25) is 0 Å². The maximum atomic E-state index is 5.61. The standard InChI is InChI=1S/C9H18NO/c1-2-3-7-11-9-5-4-6-10-8-9/h5,9-10H,2-4,6-8H2,1H3. The Morgan fingerprint density at radius 2 is 2.55 bits per heavy atom. The third-order valence-electron chi connectivity index (χ3n) is 1.93. The summed E-state index contributed by atoms with van der Waals surface area (Å²) in [5.74, 6) is 0. The summed E-state index contributed by atoms with van der Waals surface area (Å²) in [5.41, 5.74) is 0. The normalized spacial score (nSPS) is 25.4. The molecule has 1 radical (unpaired) electrons. The number of ether oxygens (including phenoxy) is 1. The predicted octanol–water partition coefficient (Wildman–Crippen LogP) is 1.37. The van der Waals surface area contributed by atoms with Gasteiger partial charge >= 0.3 is 0 Å². The molecule has 1 unspecified atom stereocenters. The summed E-state index contributed by atoms with van der Waals surface area (Å²) in [4.78, 5) is 0. The molecule has 1 rings (SSSR count). The van der Waals surface area contributed by atoms with E-state index in [1.165, 1.54) is 12.8 Å². The average Bonchev–Trinajstić information content (AvgIpc) is 2.07. The summed E-state index contributed by atoms with van der Waals surface area (Å²) < 4.78 is 5.61. The Hall–Kier alpha value is -0.0800. The number of hydrogen-bond donors (Lipinski definition) is 1. The summed E-state index contributed by atoms with van der Waals surface area (Å²) in [5, 5.41) is 3.31. The van der Waals surface area contributed by atoms with E-state index in [1.807, 2.05) is 0 Å². The van der Waals surface area contributed by atoms with E-state index in [0.29, 0.717) is 6.10 Å². The first kappa shape index (κ1) is 9.01. The highest BCUT2D eigenvalue weighted by molar-refractivity contribution is 4.84. The fraction of sp³-hybridized carbons (Fsp3) is 0.889. The molecule has 1 N–H and O–H groups in total. The van der Waals surface area contributed by atoms with Crippen molar-refractivity contribution < 1.29 is 4.74 Å². The maximum Gasteiger partial charge on any atom is 0.0731 e. The van der Waals surface area contributed by atoms with Gasteiger partial charge in [0.1, 0.15) is 0 Å². The number of unbranched alkanes of at least 4 members (excludes halogenated alkanes) is 1. The molecule has 1 fully saturated rings. The minimum Gasteiger partial charge on any atom is -0.377 e. The molecule has 11 heavy (non-hydrogen) atoms. The van der Waals surface area contributed by atoms with E-state index in [2.05, 4.69) is 18.7 Å². The van der Waals surface area contributed by atoms with Gasteiger partial charge in [0.05, 0.1) is 6.10 Å². The zero-order valence-corrected chi connectivity index (χ0v) is 7.31. The fourth-order valence-corrected chi connectivity index (χ4v) is 1.20. The monoisotopic (exact) mass is 156 g/mol. The van der Waals surface area contributed by atoms with Gasteiger partial charge in [-0.05, 0) is 25.8 Å². The number of nitrogens with one attached hydrogen (secondary N) is 1. The average molecular weight is 156 g/mol. The highest BCUT2D eigenvalue weighted by atomic mass is 16.5. The van der Waals surface area contributed by atoms with Gasteiger partial charge in [0.25, 0.3) is 0 Å². The summed E-state index contributed by atoms with van der Waals surface area (Å²) in [6.45, 7) is 5.23. The Morgan fingerprint density at radius 3 is 3.18 bits per heavy atom. The lowest BCUT2D eigenvalue weighted by Gasteiger charge is -2.22. The highest BCUT2D eigenvalue weighted by Crippen LogP contribution is 2.05. The molecule has 65 valence electrons. The molecule has 0 bridgehead atoms. The van der Waals surface area contributed by atoms with Crippen molar-refractivity contribution in [3.63, 3.8) is 0 Å². The van der Waals surface area contributed by atoms with E-state index >= 15 is 0 Å². The van der Waals surface area contributed by atoms with Crippen molar-refractivity contribution in [2.75, 3.05) is 19.7 Å². The van der Waals surface area contributed by atoms with Crippen LogP contribution in [0.15, 0.2) is 0 Å². The molecule has 1 saturated heterocycles. The minimum atomic E-state index is 0.371. The van der Waals surface area contributed by atoms with E-state index in [4.69, 9.17) is 4.74 Å². The molecule has 0 aromatic heterocycles. The molecule has 1 aliphatic rings. The topological polar surface area (TPSA) is 21.3 Å². The Labute approximate surface area is 69.3 Å². The first-order valence-corrected chi connectivity index (χ1v) is 4.59. The zero-order chi connectivity index (χ0) is 7.94. The Kier molecular flexibility index (Phi) is 4.55. The van der Waals surface area contributed by atoms with Gasteiger partial charge in [0.15, 0.2) is 0 Å². The van der Waals surface area contributed by atoms with Crippen LogP contribution in [0.1, 0.15) is 26.2 Å². The molecule has 2 nitrogen and oxygen atoms in total. The molecule has 0 spiro atoms. The molecule has 0 amide bonds. The molecule has 1 atom stereocenters. The lowest BCUT2D eigenvalue weighted by molar-refractivity contribution is 0.0636. The van der Waals surface area contributed by atoms with Gasteiger partial charge in [0, 0.05) is 13.2 Å². The van der Waals surface area contributed by atoms with Crippen molar-refractivity contribution in [3.05, 3.63) is 6.42 Å². The SMILES string of the molecule is CCCCOC1[CH]CCNC1. The van der Waals surface area contributed by atoms with Gasteiger partial charge in [-0.25, -0.2) is 0 Å². The van der Waals surface area contributed by atoms with E-state index in [-0.39, 0.29) is 0 Å². The molecule has 0 aliphatic carbocycles. The third-order valence-corrected chi connectivity index (χ3v) is 1.93. The van der Waals surface area contributed by atoms with Crippen LogP contribution >= 0.6 is 0 Å². The van der Waals surface area contributed by atoms with Crippen molar-refractivity contribution in [1.82, 2.24) is 5.32 Å². The van der Waals surface area contributed by atoms with Crippen LogP contribution in [0.5, 0.6) is 0 Å². The van der Waals surface area contributed by atoms with Crippen LogP contribution < -0.4 is 5.32 Å². The molecule has 0 saturated carbocycles. The quantitative estimate of drug-likeness (QED) is 0.621. The predicted molar refractivity (Wildman–Crippen MR) is 46.4 cm³/mol. The van der Waals surface area contributed by atoms with Crippen LogP contribution in [0.25, 0.3) is 0 Å². The van der Waals surface area contributed by atoms with Crippen LogP contribution in [-0.4, -0.2) is 25.8 Å². The third kappa shape index (κ3) is 3.73. The molecular weight excluding hydrogens is 138 g/mol. The second-order valence-corrected chi connectivity index (χ2v) is 2.99. The first-order chi connectivity index (χ1) is 5.43. The van der Waals surface area contributed by atoms with Crippen LogP contribution in [-0.2, 0) is 4.74 Å². The Morgan fingerprint density at radius 1 is 1.64 bits per heavy atom. The number of rotatable bonds is 4. The van der Waals surface area contributed by atoms with Crippen molar-refractivity contribution in [1.29, 1.82) is 0 Å². The van der Waals surface area contributed by atoms with Gasteiger partial charge in [-0.1, -0.05) is 13.3 Å². The highest BCUT2D eigenvalue weighted by Gasteiger charge is 2.12. The minimum absolute atomic E-state index is 0.371. The smallest absolute Gasteiger partial charge is 0.0731 e. The summed E-state index contributed by atoms with van der Waals surface area (Å²) in [6.07, 6.45) is 6.20. The van der Waals surface area contributed by atoms with Crippen LogP contribution in [0.4, 0.5) is 0 Å². The molecule has 0 aromatic rings. The van der Waals surface area contributed by atoms with Crippen molar-refractivity contribution in [3.8, 4) is 0 Å². The van der Waals surface area contributed by atoms with E-state index in [0.717, 1.165) is 26.1 Å². The van der Waals surface area contributed by atoms with Crippen LogP contribution in [0.3, 0.4) is 0 Å². The largest absolute Gasteiger partial charge is 0.377 e. The fourth-order valence-electron chi connectivity index (χ4n) is 1.20. The summed E-state index contributed by atoms with van der Waals surface area (Å²) >= 11 is 0. The second kappa shape index (κ2) is 5.56. The van der Waals surface area contributed by atoms with Gasteiger partial charge in [0.2, 0.25) is 0 Å². The number of piperidine rings is 1. The van der Waals surface area contributed by atoms with Gasteiger partial charge in [-0.15, -0.1) is 0 Å². The summed E-state index contributed by atoms with van der Waals surface area (Å²) in [6, 6.07) is 0. The zero-order valence-electron chi connectivity index (χ0n) is 7.31. The van der Waals surface area contributed by atoms with Crippen molar-refractivity contribution in [2.45, 2.75) is 32.3 Å². The molecular formula is C9H18NO. The maximum absolute atomic E-state index is 5.61. The molecule has 0 aromatic carbocycles. The molecule has 1 heterocycles. The van der Waals surface area contributed by atoms with E-state index in [9.17, 15) is 0 Å². The lowest BCUT2D eigenvalue weighted by Crippen LogP contribution is -2.35. The molecule has 1 aliphatic heterocycles. The van der Waals surface area contributed by atoms with Crippen molar-refractivity contribution >= 4 is 0 Å². The lowest BCUT2D eigenvalue weighted by atomic mass is 10.1. The van der Waals surface area contributed by atoms with Gasteiger partial charge < -0.3 is 10.1 Å². The van der Waals surface area contributed by atoms with Crippen molar-refractivity contribution in [2.24, 2.45) is 0 Å².